The molecule has 1 saturated carbocycles. The van der Waals surface area contributed by atoms with Crippen molar-refractivity contribution in [1.82, 2.24) is 20.2 Å². The Balaban J connectivity index is 1.87. The molecule has 0 bridgehead atoms. The minimum atomic E-state index is 0.490. The fourth-order valence-electron chi connectivity index (χ4n) is 1.62. The van der Waals surface area contributed by atoms with Crippen molar-refractivity contribution in [3.8, 4) is 6.01 Å². The Morgan fingerprint density at radius 1 is 1.39 bits per heavy atom. The molecule has 0 unspecified atom stereocenters. The molecule has 1 N–H and O–H groups in total. The van der Waals surface area contributed by atoms with Gasteiger partial charge >= 0.3 is 6.01 Å². The SMILES string of the molecule is Cc1cc(CNC2CC2)nc(OCCN(C)C)n1. The lowest BCUT2D eigenvalue weighted by molar-refractivity contribution is 0.244. The lowest BCUT2D eigenvalue weighted by Gasteiger charge is -2.11. The van der Waals surface area contributed by atoms with Crippen molar-refractivity contribution in [3.63, 3.8) is 0 Å². The normalized spacial score (nSPS) is 15.1. The fraction of sp³-hybridized carbons (Fsp3) is 0.692. The van der Waals surface area contributed by atoms with Gasteiger partial charge in [-0.05, 0) is 39.9 Å². The molecule has 2 rings (SSSR count). The molecular weight excluding hydrogens is 228 g/mol. The molecule has 1 fully saturated rings. The first-order chi connectivity index (χ1) is 8.63. The Morgan fingerprint density at radius 2 is 2.17 bits per heavy atom. The number of hydrogen-bond donors (Lipinski definition) is 1. The van der Waals surface area contributed by atoms with E-state index in [2.05, 4.69) is 20.2 Å². The summed E-state index contributed by atoms with van der Waals surface area (Å²) < 4.78 is 5.57. The predicted molar refractivity (Wildman–Crippen MR) is 70.7 cm³/mol. The lowest BCUT2D eigenvalue weighted by Crippen LogP contribution is -2.21. The van der Waals surface area contributed by atoms with Gasteiger partial charge in [-0.3, -0.25) is 0 Å². The summed E-state index contributed by atoms with van der Waals surface area (Å²) in [7, 11) is 4.04. The summed E-state index contributed by atoms with van der Waals surface area (Å²) in [5.74, 6) is 0. The van der Waals surface area contributed by atoms with Crippen LogP contribution in [-0.4, -0.2) is 48.2 Å². The molecule has 18 heavy (non-hydrogen) atoms. The van der Waals surface area contributed by atoms with Crippen LogP contribution in [0.1, 0.15) is 24.2 Å². The van der Waals surface area contributed by atoms with Crippen molar-refractivity contribution < 1.29 is 4.74 Å². The second-order valence-electron chi connectivity index (χ2n) is 5.09. The molecule has 0 radical (unpaired) electrons. The topological polar surface area (TPSA) is 50.3 Å². The highest BCUT2D eigenvalue weighted by molar-refractivity contribution is 5.13. The van der Waals surface area contributed by atoms with Gasteiger partial charge in [-0.25, -0.2) is 4.98 Å². The highest BCUT2D eigenvalue weighted by Crippen LogP contribution is 2.19. The molecule has 1 aliphatic rings. The molecule has 0 atom stereocenters. The van der Waals surface area contributed by atoms with Crippen LogP contribution in [0.3, 0.4) is 0 Å². The van der Waals surface area contributed by atoms with Crippen LogP contribution >= 0.6 is 0 Å². The smallest absolute Gasteiger partial charge is 0.316 e. The van der Waals surface area contributed by atoms with Crippen LogP contribution in [0.5, 0.6) is 6.01 Å². The van der Waals surface area contributed by atoms with Crippen molar-refractivity contribution in [1.29, 1.82) is 0 Å². The zero-order valence-corrected chi connectivity index (χ0v) is 11.4. The van der Waals surface area contributed by atoms with Gasteiger partial charge in [0.2, 0.25) is 0 Å². The lowest BCUT2D eigenvalue weighted by atomic mass is 10.3. The number of ether oxygens (including phenoxy) is 1. The second kappa shape index (κ2) is 6.11. The van der Waals surface area contributed by atoms with Gasteiger partial charge < -0.3 is 15.0 Å². The van der Waals surface area contributed by atoms with Crippen molar-refractivity contribution in [2.75, 3.05) is 27.2 Å². The Morgan fingerprint density at radius 3 is 2.83 bits per heavy atom. The van der Waals surface area contributed by atoms with E-state index in [1.165, 1.54) is 12.8 Å². The van der Waals surface area contributed by atoms with Gasteiger partial charge in [0, 0.05) is 24.8 Å². The molecule has 0 amide bonds. The van der Waals surface area contributed by atoms with E-state index in [0.717, 1.165) is 24.5 Å². The maximum absolute atomic E-state index is 5.57. The molecule has 100 valence electrons. The first-order valence-electron chi connectivity index (χ1n) is 6.49. The molecule has 0 aliphatic heterocycles. The number of nitrogens with zero attached hydrogens (tertiary/aromatic N) is 3. The summed E-state index contributed by atoms with van der Waals surface area (Å²) in [5.41, 5.74) is 1.96. The Labute approximate surface area is 109 Å². The summed E-state index contributed by atoms with van der Waals surface area (Å²) in [6.07, 6.45) is 2.58. The van der Waals surface area contributed by atoms with Gasteiger partial charge in [-0.15, -0.1) is 0 Å². The molecule has 0 saturated heterocycles. The molecule has 1 aliphatic carbocycles. The van der Waals surface area contributed by atoms with Crippen LogP contribution in [0.25, 0.3) is 0 Å². The molecule has 1 aromatic rings. The summed E-state index contributed by atoms with van der Waals surface area (Å²) in [6.45, 7) is 4.26. The van der Waals surface area contributed by atoms with E-state index >= 15 is 0 Å². The largest absolute Gasteiger partial charge is 0.462 e. The zero-order chi connectivity index (χ0) is 13.0. The van der Waals surface area contributed by atoms with Gasteiger partial charge in [0.05, 0.1) is 5.69 Å². The van der Waals surface area contributed by atoms with Crippen LogP contribution in [0.15, 0.2) is 6.07 Å². The fourth-order valence-corrected chi connectivity index (χ4v) is 1.62. The van der Waals surface area contributed by atoms with Crippen molar-refractivity contribution in [2.24, 2.45) is 0 Å². The average molecular weight is 250 g/mol. The maximum atomic E-state index is 5.57. The van der Waals surface area contributed by atoms with E-state index in [1.807, 2.05) is 27.1 Å². The molecule has 1 heterocycles. The Hall–Kier alpha value is -1.20. The van der Waals surface area contributed by atoms with Crippen LogP contribution in [0, 0.1) is 6.92 Å². The van der Waals surface area contributed by atoms with E-state index in [4.69, 9.17) is 4.74 Å². The van der Waals surface area contributed by atoms with Crippen LogP contribution < -0.4 is 10.1 Å². The Bertz CT molecular complexity index is 391. The summed E-state index contributed by atoms with van der Waals surface area (Å²) >= 11 is 0. The van der Waals surface area contributed by atoms with Crippen LogP contribution in [0.2, 0.25) is 0 Å². The third-order valence-electron chi connectivity index (χ3n) is 2.81. The van der Waals surface area contributed by atoms with Gasteiger partial charge in [0.1, 0.15) is 6.61 Å². The number of rotatable bonds is 7. The van der Waals surface area contributed by atoms with Crippen molar-refractivity contribution in [2.45, 2.75) is 32.4 Å². The van der Waals surface area contributed by atoms with Gasteiger partial charge in [-0.1, -0.05) is 0 Å². The first-order valence-corrected chi connectivity index (χ1v) is 6.49. The highest BCUT2D eigenvalue weighted by atomic mass is 16.5. The second-order valence-corrected chi connectivity index (χ2v) is 5.09. The number of aryl methyl sites for hydroxylation is 1. The summed E-state index contributed by atoms with van der Waals surface area (Å²) in [5, 5.41) is 3.45. The third kappa shape index (κ3) is 4.58. The van der Waals surface area contributed by atoms with Crippen LogP contribution in [-0.2, 0) is 6.54 Å². The number of nitrogens with one attached hydrogen (secondary N) is 1. The van der Waals surface area contributed by atoms with E-state index in [-0.39, 0.29) is 0 Å². The predicted octanol–water partition coefficient (Wildman–Crippen LogP) is 0.977. The number of aromatic nitrogens is 2. The zero-order valence-electron chi connectivity index (χ0n) is 11.4. The molecule has 0 spiro atoms. The van der Waals surface area contributed by atoms with E-state index in [1.54, 1.807) is 0 Å². The van der Waals surface area contributed by atoms with Gasteiger partial charge in [0.15, 0.2) is 0 Å². The summed E-state index contributed by atoms with van der Waals surface area (Å²) in [4.78, 5) is 10.8. The minimum absolute atomic E-state index is 0.490. The standard InChI is InChI=1S/C13H22N4O/c1-10-8-12(9-14-11-4-5-11)16-13(15-10)18-7-6-17(2)3/h8,11,14H,4-7,9H2,1-3H3. The first kappa shape index (κ1) is 13.2. The number of hydrogen-bond acceptors (Lipinski definition) is 5. The molecule has 0 aromatic carbocycles. The molecule has 1 aromatic heterocycles. The third-order valence-corrected chi connectivity index (χ3v) is 2.81. The Kier molecular flexibility index (Phi) is 4.49. The minimum Gasteiger partial charge on any atom is -0.462 e. The quantitative estimate of drug-likeness (QED) is 0.781. The van der Waals surface area contributed by atoms with Gasteiger partial charge in [0.25, 0.3) is 0 Å². The van der Waals surface area contributed by atoms with Gasteiger partial charge in [-0.2, -0.15) is 4.98 Å². The number of likely N-dealkylation sites (N-methyl/N-ethyl adjacent to an activating group) is 1. The maximum Gasteiger partial charge on any atom is 0.316 e. The molecule has 5 heteroatoms. The monoisotopic (exact) mass is 250 g/mol. The summed E-state index contributed by atoms with van der Waals surface area (Å²) in [6, 6.07) is 3.19. The van der Waals surface area contributed by atoms with Crippen molar-refractivity contribution in [3.05, 3.63) is 17.5 Å². The molecule has 5 nitrogen and oxygen atoms in total. The van der Waals surface area contributed by atoms with E-state index in [9.17, 15) is 0 Å². The van der Waals surface area contributed by atoms with Crippen molar-refractivity contribution >= 4 is 0 Å². The molecular formula is C13H22N4O. The highest BCUT2D eigenvalue weighted by Gasteiger charge is 2.20. The van der Waals surface area contributed by atoms with E-state index in [0.29, 0.717) is 18.7 Å². The van der Waals surface area contributed by atoms with Crippen LogP contribution in [0.4, 0.5) is 0 Å². The van der Waals surface area contributed by atoms with E-state index < -0.39 is 0 Å². The average Bonchev–Trinajstić information content (AvgIpc) is 3.09.